The molecule has 0 unspecified atom stereocenters. The van der Waals surface area contributed by atoms with E-state index in [1.165, 1.54) is 6.07 Å². The molecule has 1 aromatic rings. The molecule has 21 heavy (non-hydrogen) atoms. The first-order valence-corrected chi connectivity index (χ1v) is 8.81. The fourth-order valence-corrected chi connectivity index (χ4v) is 3.61. The molecule has 1 aromatic carbocycles. The van der Waals surface area contributed by atoms with E-state index in [-0.39, 0.29) is 35.0 Å². The van der Waals surface area contributed by atoms with Gasteiger partial charge in [-0.25, -0.2) is 13.1 Å². The number of benzene rings is 1. The van der Waals surface area contributed by atoms with E-state index in [0.717, 1.165) is 12.8 Å². The second kappa shape index (κ2) is 6.45. The first kappa shape index (κ1) is 16.4. The summed E-state index contributed by atoms with van der Waals surface area (Å²) >= 11 is -0.141. The van der Waals surface area contributed by atoms with Crippen molar-refractivity contribution in [2.45, 2.75) is 29.3 Å². The molecule has 0 bridgehead atoms. The zero-order chi connectivity index (χ0) is 15.5. The van der Waals surface area contributed by atoms with Gasteiger partial charge in [-0.05, 0) is 36.7 Å². The predicted octanol–water partition coefficient (Wildman–Crippen LogP) is 2.79. The van der Waals surface area contributed by atoms with Gasteiger partial charge in [-0.1, -0.05) is 12.1 Å². The van der Waals surface area contributed by atoms with Crippen LogP contribution in [0.15, 0.2) is 29.2 Å². The molecule has 0 aliphatic heterocycles. The monoisotopic (exact) mass is 340 g/mol. The van der Waals surface area contributed by atoms with Gasteiger partial charge < -0.3 is 5.32 Å². The van der Waals surface area contributed by atoms with E-state index in [2.05, 4.69) is 10.0 Å². The molecule has 1 saturated carbocycles. The number of sulfonamides is 1. The highest BCUT2D eigenvalue weighted by atomic mass is 32.2. The average molecular weight is 340 g/mol. The van der Waals surface area contributed by atoms with Crippen LogP contribution >= 0.6 is 11.8 Å². The number of alkyl halides is 3. The van der Waals surface area contributed by atoms with Gasteiger partial charge in [0, 0.05) is 18.3 Å². The fraction of sp³-hybridized carbons (Fsp3) is 0.500. The number of anilines is 1. The van der Waals surface area contributed by atoms with E-state index < -0.39 is 15.5 Å². The number of nitrogens with one attached hydrogen (secondary N) is 2. The van der Waals surface area contributed by atoms with Crippen LogP contribution in [0.1, 0.15) is 12.8 Å². The van der Waals surface area contributed by atoms with Crippen LogP contribution in [0.5, 0.6) is 0 Å². The molecule has 0 amide bonds. The molecular formula is C12H15F3N2O2S2. The van der Waals surface area contributed by atoms with Crippen molar-refractivity contribution < 1.29 is 21.6 Å². The van der Waals surface area contributed by atoms with E-state index >= 15 is 0 Å². The predicted molar refractivity (Wildman–Crippen MR) is 76.8 cm³/mol. The van der Waals surface area contributed by atoms with Gasteiger partial charge in [-0.3, -0.25) is 0 Å². The molecule has 2 rings (SSSR count). The molecule has 0 atom stereocenters. The smallest absolute Gasteiger partial charge is 0.383 e. The Hall–Kier alpha value is -0.930. The van der Waals surface area contributed by atoms with Gasteiger partial charge in [0.2, 0.25) is 10.0 Å². The maximum absolute atomic E-state index is 12.2. The Labute approximate surface area is 125 Å². The number of thioether (sulfide) groups is 1. The Morgan fingerprint density at radius 2 is 1.90 bits per heavy atom. The van der Waals surface area contributed by atoms with Crippen molar-refractivity contribution in [2.75, 3.05) is 17.6 Å². The summed E-state index contributed by atoms with van der Waals surface area (Å²) in [5, 5.41) is 2.75. The van der Waals surface area contributed by atoms with Crippen LogP contribution in [0.3, 0.4) is 0 Å². The van der Waals surface area contributed by atoms with Crippen LogP contribution in [0, 0.1) is 0 Å². The number of para-hydroxylation sites is 1. The third kappa shape index (κ3) is 5.40. The quantitative estimate of drug-likeness (QED) is 0.750. The van der Waals surface area contributed by atoms with Crippen LogP contribution in [0.4, 0.5) is 18.9 Å². The van der Waals surface area contributed by atoms with Gasteiger partial charge in [0.1, 0.15) is 4.90 Å². The summed E-state index contributed by atoms with van der Waals surface area (Å²) in [4.78, 5) is 0.0638. The third-order valence-corrected chi connectivity index (χ3v) is 5.07. The van der Waals surface area contributed by atoms with Crippen molar-refractivity contribution in [1.82, 2.24) is 4.72 Å². The highest BCUT2D eigenvalue weighted by Gasteiger charge is 2.29. The number of hydrogen-bond acceptors (Lipinski definition) is 4. The SMILES string of the molecule is O=S(=O)(NC1CC1)c1ccccc1NCCSC(F)(F)F. The van der Waals surface area contributed by atoms with E-state index in [0.29, 0.717) is 5.69 Å². The minimum Gasteiger partial charge on any atom is -0.383 e. The van der Waals surface area contributed by atoms with Crippen molar-refractivity contribution >= 4 is 27.5 Å². The number of hydrogen-bond donors (Lipinski definition) is 2. The lowest BCUT2D eigenvalue weighted by molar-refractivity contribution is -0.0327. The first-order valence-electron chi connectivity index (χ1n) is 6.34. The van der Waals surface area contributed by atoms with E-state index in [9.17, 15) is 21.6 Å². The van der Waals surface area contributed by atoms with Gasteiger partial charge in [0.25, 0.3) is 0 Å². The molecule has 0 saturated heterocycles. The lowest BCUT2D eigenvalue weighted by atomic mass is 10.3. The topological polar surface area (TPSA) is 58.2 Å². The lowest BCUT2D eigenvalue weighted by Gasteiger charge is -2.13. The molecule has 1 fully saturated rings. The van der Waals surface area contributed by atoms with E-state index in [1.807, 2.05) is 0 Å². The maximum atomic E-state index is 12.2. The van der Waals surface area contributed by atoms with E-state index in [4.69, 9.17) is 0 Å². The van der Waals surface area contributed by atoms with Crippen molar-refractivity contribution in [2.24, 2.45) is 0 Å². The Kier molecular flexibility index (Phi) is 5.05. The molecule has 2 N–H and O–H groups in total. The number of halogens is 3. The fourth-order valence-electron chi connectivity index (χ4n) is 1.68. The highest BCUT2D eigenvalue weighted by molar-refractivity contribution is 8.00. The average Bonchev–Trinajstić information content (AvgIpc) is 3.17. The normalized spacial score (nSPS) is 16.0. The molecule has 0 radical (unpaired) electrons. The van der Waals surface area contributed by atoms with E-state index in [1.54, 1.807) is 18.2 Å². The summed E-state index contributed by atoms with van der Waals surface area (Å²) in [7, 11) is -3.63. The summed E-state index contributed by atoms with van der Waals surface area (Å²) in [6.45, 7) is 0.0279. The van der Waals surface area contributed by atoms with Gasteiger partial charge in [0.05, 0.1) is 5.69 Å². The Morgan fingerprint density at radius 3 is 2.52 bits per heavy atom. The van der Waals surface area contributed by atoms with Crippen molar-refractivity contribution in [3.63, 3.8) is 0 Å². The van der Waals surface area contributed by atoms with Gasteiger partial charge >= 0.3 is 5.51 Å². The molecule has 4 nitrogen and oxygen atoms in total. The lowest BCUT2D eigenvalue weighted by Crippen LogP contribution is -2.26. The summed E-state index contributed by atoms with van der Waals surface area (Å²) in [5.74, 6) is -0.187. The Balaban J connectivity index is 1.99. The third-order valence-electron chi connectivity index (χ3n) is 2.76. The van der Waals surface area contributed by atoms with Crippen molar-refractivity contribution in [3.8, 4) is 0 Å². The molecule has 0 aromatic heterocycles. The molecule has 1 aliphatic rings. The van der Waals surface area contributed by atoms with Crippen molar-refractivity contribution in [1.29, 1.82) is 0 Å². The Morgan fingerprint density at radius 1 is 1.24 bits per heavy atom. The highest BCUT2D eigenvalue weighted by Crippen LogP contribution is 2.30. The zero-order valence-electron chi connectivity index (χ0n) is 11.0. The molecule has 9 heteroatoms. The largest absolute Gasteiger partial charge is 0.441 e. The maximum Gasteiger partial charge on any atom is 0.441 e. The second-order valence-electron chi connectivity index (χ2n) is 4.61. The second-order valence-corrected chi connectivity index (χ2v) is 7.45. The molecule has 118 valence electrons. The summed E-state index contributed by atoms with van der Waals surface area (Å²) in [6.07, 6.45) is 1.63. The van der Waals surface area contributed by atoms with Gasteiger partial charge in [-0.2, -0.15) is 13.2 Å². The van der Waals surface area contributed by atoms with Crippen LogP contribution in [-0.2, 0) is 10.0 Å². The summed E-state index contributed by atoms with van der Waals surface area (Å²) in [6, 6.07) is 6.17. The number of rotatable bonds is 7. The van der Waals surface area contributed by atoms with Crippen LogP contribution in [0.2, 0.25) is 0 Å². The zero-order valence-corrected chi connectivity index (χ0v) is 12.6. The Bertz CT molecular complexity index is 586. The summed E-state index contributed by atoms with van der Waals surface area (Å²) < 4.78 is 63.0. The molecule has 0 heterocycles. The minimum atomic E-state index is -4.28. The molecule has 1 aliphatic carbocycles. The summed E-state index contributed by atoms with van der Waals surface area (Å²) in [5.41, 5.74) is -3.96. The standard InChI is InChI=1S/C12H15F3N2O2S2/c13-12(14,15)20-8-7-16-10-3-1-2-4-11(10)21(18,19)17-9-5-6-9/h1-4,9,16-17H,5-8H2. The van der Waals surface area contributed by atoms with Crippen molar-refractivity contribution in [3.05, 3.63) is 24.3 Å². The van der Waals surface area contributed by atoms with Crippen LogP contribution in [0.25, 0.3) is 0 Å². The van der Waals surface area contributed by atoms with Gasteiger partial charge in [-0.15, -0.1) is 0 Å². The molecule has 0 spiro atoms. The minimum absolute atomic E-state index is 0.0242. The molecular weight excluding hydrogens is 325 g/mol. The first-order chi connectivity index (χ1) is 9.78. The van der Waals surface area contributed by atoms with Gasteiger partial charge in [0.15, 0.2) is 0 Å². The van der Waals surface area contributed by atoms with Crippen LogP contribution in [-0.4, -0.2) is 32.3 Å². The van der Waals surface area contributed by atoms with Crippen LogP contribution < -0.4 is 10.0 Å².